The maximum Gasteiger partial charge on any atom is 0.164 e. The molecule has 4 heteroatoms. The fraction of sp³-hybridized carbons (Fsp3) is 0.538. The summed E-state index contributed by atoms with van der Waals surface area (Å²) in [6.45, 7) is 3.66. The minimum Gasteiger partial charge on any atom is -0.490 e. The number of hydrogen-bond donors (Lipinski definition) is 1. The molecule has 0 fully saturated rings. The number of fused-ring (bicyclic) bond motifs is 1. The molecular weight excluding hydrogens is 284 g/mol. The van der Waals surface area contributed by atoms with Gasteiger partial charge in [-0.05, 0) is 37.0 Å². The molecule has 1 aliphatic rings. The average Bonchev–Trinajstić information content (AvgIpc) is 2.54. The van der Waals surface area contributed by atoms with E-state index in [4.69, 9.17) is 14.6 Å². The van der Waals surface area contributed by atoms with E-state index in [0.717, 1.165) is 40.8 Å². The monoisotopic (exact) mass is 300 g/mol. The van der Waals surface area contributed by atoms with Gasteiger partial charge in [-0.2, -0.15) is 0 Å². The van der Waals surface area contributed by atoms with E-state index >= 15 is 0 Å². The van der Waals surface area contributed by atoms with Crippen molar-refractivity contribution in [3.63, 3.8) is 0 Å². The highest BCUT2D eigenvalue weighted by Gasteiger charge is 2.18. The van der Waals surface area contributed by atoms with Gasteiger partial charge in [0.1, 0.15) is 0 Å². The molecule has 0 saturated carbocycles. The average molecular weight is 301 g/mol. The number of halogens is 1. The first-order valence-electron chi connectivity index (χ1n) is 5.92. The van der Waals surface area contributed by atoms with Crippen LogP contribution in [-0.2, 0) is 6.42 Å². The van der Waals surface area contributed by atoms with Gasteiger partial charge in [0.05, 0.1) is 13.2 Å². The van der Waals surface area contributed by atoms with Crippen LogP contribution in [0.25, 0.3) is 0 Å². The SMILES string of the molecule is Cc1c(CCCO)c(Br)cc2c1OCCCO2. The van der Waals surface area contributed by atoms with E-state index in [1.807, 2.05) is 13.0 Å². The molecule has 0 aliphatic carbocycles. The maximum absolute atomic E-state index is 8.92. The van der Waals surface area contributed by atoms with Crippen LogP contribution in [0.4, 0.5) is 0 Å². The molecule has 0 radical (unpaired) electrons. The van der Waals surface area contributed by atoms with E-state index in [2.05, 4.69) is 15.9 Å². The lowest BCUT2D eigenvalue weighted by atomic mass is 10.0. The third-order valence-corrected chi connectivity index (χ3v) is 3.65. The fourth-order valence-electron chi connectivity index (χ4n) is 2.03. The summed E-state index contributed by atoms with van der Waals surface area (Å²) >= 11 is 3.56. The van der Waals surface area contributed by atoms with Crippen LogP contribution in [0.1, 0.15) is 24.0 Å². The second-order valence-corrected chi connectivity index (χ2v) is 5.02. The predicted molar refractivity (Wildman–Crippen MR) is 69.9 cm³/mol. The van der Waals surface area contributed by atoms with Gasteiger partial charge in [0, 0.05) is 17.5 Å². The van der Waals surface area contributed by atoms with Gasteiger partial charge in [0.2, 0.25) is 0 Å². The van der Waals surface area contributed by atoms with Crippen molar-refractivity contribution >= 4 is 15.9 Å². The lowest BCUT2D eigenvalue weighted by molar-refractivity contribution is 0.288. The van der Waals surface area contributed by atoms with Crippen LogP contribution in [0, 0.1) is 6.92 Å². The minimum absolute atomic E-state index is 0.209. The van der Waals surface area contributed by atoms with E-state index < -0.39 is 0 Å². The van der Waals surface area contributed by atoms with Gasteiger partial charge in [-0.3, -0.25) is 0 Å². The van der Waals surface area contributed by atoms with Crippen LogP contribution in [0.15, 0.2) is 10.5 Å². The summed E-state index contributed by atoms with van der Waals surface area (Å²) in [5.41, 5.74) is 2.31. The van der Waals surface area contributed by atoms with E-state index in [1.54, 1.807) is 0 Å². The molecule has 1 aliphatic heterocycles. The Morgan fingerprint density at radius 1 is 1.35 bits per heavy atom. The molecule has 0 aromatic heterocycles. The normalized spacial score (nSPS) is 14.5. The number of rotatable bonds is 3. The Morgan fingerprint density at radius 3 is 2.88 bits per heavy atom. The van der Waals surface area contributed by atoms with Crippen molar-refractivity contribution in [1.82, 2.24) is 0 Å². The lowest BCUT2D eigenvalue weighted by Crippen LogP contribution is -2.00. The van der Waals surface area contributed by atoms with Crippen molar-refractivity contribution < 1.29 is 14.6 Å². The second kappa shape index (κ2) is 5.74. The van der Waals surface area contributed by atoms with E-state index in [-0.39, 0.29) is 6.61 Å². The molecule has 0 saturated heterocycles. The number of benzene rings is 1. The highest BCUT2D eigenvalue weighted by molar-refractivity contribution is 9.10. The van der Waals surface area contributed by atoms with Gasteiger partial charge in [0.15, 0.2) is 11.5 Å². The Hall–Kier alpha value is -0.740. The Kier molecular flexibility index (Phi) is 4.29. The highest BCUT2D eigenvalue weighted by Crippen LogP contribution is 2.39. The summed E-state index contributed by atoms with van der Waals surface area (Å²) < 4.78 is 12.4. The predicted octanol–water partition coefficient (Wildman–Crippen LogP) is 2.84. The van der Waals surface area contributed by atoms with Crippen molar-refractivity contribution in [1.29, 1.82) is 0 Å². The molecular formula is C13H17BrO3. The maximum atomic E-state index is 8.92. The summed E-state index contributed by atoms with van der Waals surface area (Å²) in [5.74, 6) is 1.68. The van der Waals surface area contributed by atoms with Crippen LogP contribution >= 0.6 is 15.9 Å². The van der Waals surface area contributed by atoms with Crippen molar-refractivity contribution in [3.05, 3.63) is 21.7 Å². The van der Waals surface area contributed by atoms with Gasteiger partial charge in [-0.25, -0.2) is 0 Å². The van der Waals surface area contributed by atoms with Crippen LogP contribution < -0.4 is 9.47 Å². The van der Waals surface area contributed by atoms with Crippen molar-refractivity contribution in [3.8, 4) is 11.5 Å². The molecule has 94 valence electrons. The molecule has 0 spiro atoms. The van der Waals surface area contributed by atoms with Crippen LogP contribution in [0.2, 0.25) is 0 Å². The van der Waals surface area contributed by atoms with Crippen LogP contribution in [0.3, 0.4) is 0 Å². The quantitative estimate of drug-likeness (QED) is 0.933. The Bertz CT molecular complexity index is 404. The molecule has 1 aromatic rings. The van der Waals surface area contributed by atoms with Gasteiger partial charge in [-0.1, -0.05) is 15.9 Å². The molecule has 0 amide bonds. The van der Waals surface area contributed by atoms with Crippen molar-refractivity contribution in [2.24, 2.45) is 0 Å². The van der Waals surface area contributed by atoms with Crippen LogP contribution in [-0.4, -0.2) is 24.9 Å². The van der Waals surface area contributed by atoms with Crippen molar-refractivity contribution in [2.45, 2.75) is 26.2 Å². The zero-order valence-electron chi connectivity index (χ0n) is 9.96. The van der Waals surface area contributed by atoms with E-state index in [9.17, 15) is 0 Å². The molecule has 1 heterocycles. The van der Waals surface area contributed by atoms with Gasteiger partial charge < -0.3 is 14.6 Å². The Morgan fingerprint density at radius 2 is 2.12 bits per heavy atom. The standard InChI is InChI=1S/C13H17BrO3/c1-9-10(4-2-5-15)11(14)8-12-13(9)17-7-3-6-16-12/h8,15H,2-7H2,1H3. The molecule has 2 rings (SSSR count). The molecule has 0 atom stereocenters. The Labute approximate surface area is 110 Å². The van der Waals surface area contributed by atoms with Gasteiger partial charge in [-0.15, -0.1) is 0 Å². The molecule has 0 unspecified atom stereocenters. The summed E-state index contributed by atoms with van der Waals surface area (Å²) in [4.78, 5) is 0. The smallest absolute Gasteiger partial charge is 0.164 e. The van der Waals surface area contributed by atoms with Crippen LogP contribution in [0.5, 0.6) is 11.5 Å². The topological polar surface area (TPSA) is 38.7 Å². The molecule has 1 N–H and O–H groups in total. The molecule has 1 aromatic carbocycles. The zero-order chi connectivity index (χ0) is 12.3. The molecule has 17 heavy (non-hydrogen) atoms. The third-order valence-electron chi connectivity index (χ3n) is 2.94. The lowest BCUT2D eigenvalue weighted by Gasteiger charge is -2.15. The van der Waals surface area contributed by atoms with Crippen molar-refractivity contribution in [2.75, 3.05) is 19.8 Å². The summed E-state index contributed by atoms with van der Waals surface area (Å²) in [7, 11) is 0. The fourth-order valence-corrected chi connectivity index (χ4v) is 2.74. The first-order chi connectivity index (χ1) is 8.24. The first kappa shape index (κ1) is 12.7. The minimum atomic E-state index is 0.209. The number of ether oxygens (including phenoxy) is 2. The third kappa shape index (κ3) is 2.75. The Balaban J connectivity index is 2.37. The molecule has 0 bridgehead atoms. The second-order valence-electron chi connectivity index (χ2n) is 4.17. The summed E-state index contributed by atoms with van der Waals surface area (Å²) in [5, 5.41) is 8.92. The first-order valence-corrected chi connectivity index (χ1v) is 6.71. The summed E-state index contributed by atoms with van der Waals surface area (Å²) in [6, 6.07) is 1.97. The highest BCUT2D eigenvalue weighted by atomic mass is 79.9. The van der Waals surface area contributed by atoms with E-state index in [1.165, 1.54) is 5.56 Å². The van der Waals surface area contributed by atoms with Gasteiger partial charge >= 0.3 is 0 Å². The molecule has 3 nitrogen and oxygen atoms in total. The summed E-state index contributed by atoms with van der Waals surface area (Å²) in [6.07, 6.45) is 2.52. The number of aliphatic hydroxyl groups excluding tert-OH is 1. The van der Waals surface area contributed by atoms with Gasteiger partial charge in [0.25, 0.3) is 0 Å². The number of hydrogen-bond acceptors (Lipinski definition) is 3. The zero-order valence-corrected chi connectivity index (χ0v) is 11.5. The number of aliphatic hydroxyl groups is 1. The van der Waals surface area contributed by atoms with E-state index in [0.29, 0.717) is 13.2 Å². The largest absolute Gasteiger partial charge is 0.490 e.